The predicted octanol–water partition coefficient (Wildman–Crippen LogP) is 3.37. The van der Waals surface area contributed by atoms with Crippen LogP contribution < -0.4 is 15.0 Å². The zero-order chi connectivity index (χ0) is 22.2. The topological polar surface area (TPSA) is 106 Å². The van der Waals surface area contributed by atoms with Crippen LogP contribution in [0.5, 0.6) is 5.75 Å². The van der Waals surface area contributed by atoms with E-state index in [-0.39, 0.29) is 17.4 Å². The van der Waals surface area contributed by atoms with Crippen LogP contribution in [0.15, 0.2) is 46.9 Å². The van der Waals surface area contributed by atoms with Gasteiger partial charge < -0.3 is 19.4 Å². The van der Waals surface area contributed by atoms with Gasteiger partial charge in [-0.15, -0.1) is 0 Å². The summed E-state index contributed by atoms with van der Waals surface area (Å²) >= 11 is 0. The molecule has 1 aliphatic heterocycles. The van der Waals surface area contributed by atoms with Crippen LogP contribution in [-0.2, 0) is 20.4 Å². The molecule has 0 bridgehead atoms. The molecule has 0 spiro atoms. The molecule has 31 heavy (non-hydrogen) atoms. The Morgan fingerprint density at radius 3 is 2.68 bits per heavy atom. The summed E-state index contributed by atoms with van der Waals surface area (Å²) in [4.78, 5) is 26.7. The number of rotatable bonds is 6. The summed E-state index contributed by atoms with van der Waals surface area (Å²) in [5, 5.41) is 3.32. The van der Waals surface area contributed by atoms with E-state index in [1.54, 1.807) is 47.4 Å². The lowest BCUT2D eigenvalue weighted by Crippen LogP contribution is -2.24. The van der Waals surface area contributed by atoms with E-state index in [9.17, 15) is 18.0 Å². The van der Waals surface area contributed by atoms with Gasteiger partial charge >= 0.3 is 0 Å². The van der Waals surface area contributed by atoms with E-state index in [0.29, 0.717) is 46.6 Å². The number of carbonyl (C=O) groups excluding carboxylic acids is 2. The number of anilines is 2. The monoisotopic (exact) mass is 442 g/mol. The number of methoxy groups -OCH3 is 1. The third-order valence-electron chi connectivity index (χ3n) is 5.11. The van der Waals surface area contributed by atoms with Gasteiger partial charge in [0.2, 0.25) is 5.91 Å². The molecule has 1 N–H and O–H groups in total. The zero-order valence-corrected chi connectivity index (χ0v) is 18.0. The number of nitrogens with zero attached hydrogens (tertiary/aromatic N) is 1. The number of benzene rings is 2. The average Bonchev–Trinajstić information content (AvgIpc) is 3.30. The van der Waals surface area contributed by atoms with Crippen molar-refractivity contribution in [3.05, 3.63) is 53.8 Å². The number of nitrogens with one attached hydrogen (secondary N) is 1. The summed E-state index contributed by atoms with van der Waals surface area (Å²) in [5.74, 6) is -0.449. The van der Waals surface area contributed by atoms with E-state index >= 15 is 0 Å². The van der Waals surface area contributed by atoms with Gasteiger partial charge in [0.05, 0.1) is 18.6 Å². The van der Waals surface area contributed by atoms with Crippen LogP contribution in [0, 0.1) is 0 Å². The van der Waals surface area contributed by atoms with E-state index < -0.39 is 15.7 Å². The van der Waals surface area contributed by atoms with Crippen molar-refractivity contribution in [1.82, 2.24) is 0 Å². The first kappa shape index (κ1) is 20.9. The Hall–Kier alpha value is -3.33. The molecule has 1 saturated heterocycles. The van der Waals surface area contributed by atoms with Crippen molar-refractivity contribution in [2.45, 2.75) is 18.6 Å². The van der Waals surface area contributed by atoms with Crippen molar-refractivity contribution >= 4 is 44.0 Å². The fourth-order valence-corrected chi connectivity index (χ4v) is 4.57. The van der Waals surface area contributed by atoms with E-state index in [1.807, 2.05) is 0 Å². The molecule has 0 aliphatic carbocycles. The summed E-state index contributed by atoms with van der Waals surface area (Å²) in [6.45, 7) is 0.620. The van der Waals surface area contributed by atoms with E-state index in [2.05, 4.69) is 5.32 Å². The lowest BCUT2D eigenvalue weighted by Gasteiger charge is -2.19. The first-order valence-electron chi connectivity index (χ1n) is 9.75. The molecule has 2 aromatic carbocycles. The Labute approximate surface area is 179 Å². The predicted molar refractivity (Wildman–Crippen MR) is 117 cm³/mol. The second-order valence-electron chi connectivity index (χ2n) is 7.47. The molecule has 162 valence electrons. The molecular formula is C22H22N2O6S. The minimum atomic E-state index is -3.40. The summed E-state index contributed by atoms with van der Waals surface area (Å²) < 4.78 is 35.0. The van der Waals surface area contributed by atoms with Crippen LogP contribution in [0.1, 0.15) is 29.0 Å². The summed E-state index contributed by atoms with van der Waals surface area (Å²) in [7, 11) is -1.90. The molecule has 4 rings (SSSR count). The molecule has 1 aromatic heterocycles. The van der Waals surface area contributed by atoms with Crippen molar-refractivity contribution < 1.29 is 27.2 Å². The van der Waals surface area contributed by atoms with Crippen molar-refractivity contribution in [1.29, 1.82) is 0 Å². The van der Waals surface area contributed by atoms with Crippen LogP contribution in [0.3, 0.4) is 0 Å². The molecule has 2 amide bonds. The number of fused-ring (bicyclic) bond motifs is 1. The van der Waals surface area contributed by atoms with Gasteiger partial charge in [0.25, 0.3) is 5.91 Å². The summed E-state index contributed by atoms with van der Waals surface area (Å²) in [5.41, 5.74) is 1.83. The van der Waals surface area contributed by atoms with Crippen LogP contribution in [0.25, 0.3) is 11.0 Å². The number of furan rings is 1. The molecule has 1 aliphatic rings. The number of hydrogen-bond acceptors (Lipinski definition) is 6. The van der Waals surface area contributed by atoms with Crippen LogP contribution in [-0.4, -0.2) is 40.1 Å². The van der Waals surface area contributed by atoms with Crippen LogP contribution in [0.2, 0.25) is 0 Å². The minimum absolute atomic E-state index is 0.0303. The number of sulfone groups is 1. The third-order valence-corrected chi connectivity index (χ3v) is 5.93. The van der Waals surface area contributed by atoms with E-state index in [4.69, 9.17) is 9.15 Å². The van der Waals surface area contributed by atoms with Gasteiger partial charge in [-0.2, -0.15) is 0 Å². The van der Waals surface area contributed by atoms with Gasteiger partial charge in [-0.05, 0) is 24.6 Å². The SMILES string of the molecule is COc1cc(NC(=O)c2oc3ccccc3c2CS(C)(=O)=O)ccc1N1CCCC1=O. The Morgan fingerprint density at radius 1 is 1.23 bits per heavy atom. The molecule has 3 aromatic rings. The second-order valence-corrected chi connectivity index (χ2v) is 9.61. The summed E-state index contributed by atoms with van der Waals surface area (Å²) in [6.07, 6.45) is 2.39. The van der Waals surface area contributed by atoms with Gasteiger partial charge in [-0.1, -0.05) is 18.2 Å². The average molecular weight is 442 g/mol. The minimum Gasteiger partial charge on any atom is -0.494 e. The Bertz CT molecular complexity index is 1280. The van der Waals surface area contributed by atoms with Crippen molar-refractivity contribution in [3.8, 4) is 5.75 Å². The smallest absolute Gasteiger partial charge is 0.291 e. The fourth-order valence-electron chi connectivity index (χ4n) is 3.76. The maximum atomic E-state index is 13.0. The second kappa shape index (κ2) is 8.07. The Balaban J connectivity index is 1.66. The van der Waals surface area contributed by atoms with Crippen molar-refractivity contribution in [2.24, 2.45) is 0 Å². The molecular weight excluding hydrogens is 420 g/mol. The number of hydrogen-bond donors (Lipinski definition) is 1. The highest BCUT2D eigenvalue weighted by atomic mass is 32.2. The molecule has 0 radical (unpaired) electrons. The molecule has 1 fully saturated rings. The van der Waals surface area contributed by atoms with Gasteiger partial charge in [0.1, 0.15) is 11.3 Å². The highest BCUT2D eigenvalue weighted by Crippen LogP contribution is 2.34. The van der Waals surface area contributed by atoms with Gasteiger partial charge in [-0.25, -0.2) is 8.42 Å². The molecule has 2 heterocycles. The largest absolute Gasteiger partial charge is 0.494 e. The van der Waals surface area contributed by atoms with Crippen LogP contribution >= 0.6 is 0 Å². The summed E-state index contributed by atoms with van der Waals surface area (Å²) in [6, 6.07) is 11.9. The maximum Gasteiger partial charge on any atom is 0.291 e. The van der Waals surface area contributed by atoms with Crippen molar-refractivity contribution in [3.63, 3.8) is 0 Å². The lowest BCUT2D eigenvalue weighted by atomic mass is 10.1. The Kier molecular flexibility index (Phi) is 5.45. The first-order valence-corrected chi connectivity index (χ1v) is 11.8. The van der Waals surface area contributed by atoms with Gasteiger partial charge in [0.15, 0.2) is 15.6 Å². The highest BCUT2D eigenvalue weighted by molar-refractivity contribution is 7.89. The van der Waals surface area contributed by atoms with Gasteiger partial charge in [-0.3, -0.25) is 9.59 Å². The quantitative estimate of drug-likeness (QED) is 0.627. The molecule has 8 nitrogen and oxygen atoms in total. The molecule has 0 saturated carbocycles. The Morgan fingerprint density at radius 2 is 2.00 bits per heavy atom. The normalized spacial score (nSPS) is 14.3. The molecule has 9 heteroatoms. The van der Waals surface area contributed by atoms with Crippen LogP contribution in [0.4, 0.5) is 11.4 Å². The maximum absolute atomic E-state index is 13.0. The number of ether oxygens (including phenoxy) is 1. The number of amides is 2. The fraction of sp³-hybridized carbons (Fsp3) is 0.273. The van der Waals surface area contributed by atoms with Crippen molar-refractivity contribution in [2.75, 3.05) is 30.1 Å². The lowest BCUT2D eigenvalue weighted by molar-refractivity contribution is -0.117. The first-order chi connectivity index (χ1) is 14.8. The molecule has 0 unspecified atom stereocenters. The highest BCUT2D eigenvalue weighted by Gasteiger charge is 2.26. The number of carbonyl (C=O) groups is 2. The zero-order valence-electron chi connectivity index (χ0n) is 17.2. The van der Waals surface area contributed by atoms with Gasteiger partial charge in [0, 0.05) is 41.9 Å². The molecule has 0 atom stereocenters. The number of para-hydroxylation sites is 1. The standard InChI is InChI=1S/C22H22N2O6S/c1-29-19-12-14(9-10-17(19)24-11-5-8-20(24)25)23-22(26)21-16(13-31(2,27)28)15-6-3-4-7-18(15)30-21/h3-4,6-7,9-10,12H,5,8,11,13H2,1-2H3,(H,23,26). The van der Waals surface area contributed by atoms with E-state index in [1.165, 1.54) is 7.11 Å². The third kappa shape index (κ3) is 4.27. The van der Waals surface area contributed by atoms with E-state index in [0.717, 1.165) is 12.7 Å².